The van der Waals surface area contributed by atoms with Crippen molar-refractivity contribution in [3.05, 3.63) is 58.6 Å². The summed E-state index contributed by atoms with van der Waals surface area (Å²) in [5.74, 6) is 0.125. The highest BCUT2D eigenvalue weighted by molar-refractivity contribution is 6.32. The summed E-state index contributed by atoms with van der Waals surface area (Å²) in [7, 11) is 1.47. The molecule has 1 heterocycles. The van der Waals surface area contributed by atoms with E-state index in [1.54, 1.807) is 18.2 Å². The molecule has 0 spiro atoms. The topological polar surface area (TPSA) is 55.6 Å². The van der Waals surface area contributed by atoms with Crippen molar-refractivity contribution < 1.29 is 22.7 Å². The van der Waals surface area contributed by atoms with E-state index in [2.05, 4.69) is 0 Å². The van der Waals surface area contributed by atoms with Gasteiger partial charge in [0.15, 0.2) is 0 Å². The lowest BCUT2D eigenvalue weighted by molar-refractivity contribution is -0.137. The lowest BCUT2D eigenvalue weighted by Gasteiger charge is -2.45. The summed E-state index contributed by atoms with van der Waals surface area (Å²) in [4.78, 5) is 13.6. The summed E-state index contributed by atoms with van der Waals surface area (Å²) < 4.78 is 43.2. The third kappa shape index (κ3) is 3.05. The molecule has 0 bridgehead atoms. The Labute approximate surface area is 146 Å². The molecule has 8 heteroatoms. The summed E-state index contributed by atoms with van der Waals surface area (Å²) in [5, 5.41) is 0.319. The number of anilines is 1. The van der Waals surface area contributed by atoms with Gasteiger partial charge in [0.25, 0.3) is 0 Å². The van der Waals surface area contributed by atoms with Gasteiger partial charge in [-0.3, -0.25) is 4.79 Å². The Kier molecular flexibility index (Phi) is 4.38. The van der Waals surface area contributed by atoms with Crippen molar-refractivity contribution in [3.8, 4) is 5.75 Å². The second-order valence-electron chi connectivity index (χ2n) is 5.62. The smallest absolute Gasteiger partial charge is 0.416 e. The van der Waals surface area contributed by atoms with Gasteiger partial charge in [0.2, 0.25) is 5.91 Å². The molecule has 1 aliphatic heterocycles. The Morgan fingerprint density at radius 2 is 1.80 bits per heavy atom. The maximum atomic E-state index is 12.7. The number of nitrogens with zero attached hydrogens (tertiary/aromatic N) is 1. The molecule has 1 saturated heterocycles. The molecule has 4 nitrogen and oxygen atoms in total. The predicted molar refractivity (Wildman–Crippen MR) is 87.7 cm³/mol. The molecule has 0 radical (unpaired) electrons. The van der Waals surface area contributed by atoms with Crippen molar-refractivity contribution in [2.24, 2.45) is 5.73 Å². The number of methoxy groups -OCH3 is 1. The Hall–Kier alpha value is -2.25. The molecule has 1 aliphatic rings. The van der Waals surface area contributed by atoms with E-state index in [1.165, 1.54) is 24.1 Å². The largest absolute Gasteiger partial charge is 0.495 e. The van der Waals surface area contributed by atoms with E-state index in [9.17, 15) is 18.0 Å². The van der Waals surface area contributed by atoms with Crippen LogP contribution in [-0.2, 0) is 11.0 Å². The molecule has 25 heavy (non-hydrogen) atoms. The lowest BCUT2D eigenvalue weighted by Crippen LogP contribution is -2.63. The van der Waals surface area contributed by atoms with Crippen LogP contribution in [0.3, 0.4) is 0 Å². The second-order valence-corrected chi connectivity index (χ2v) is 6.02. The number of amides is 1. The lowest BCUT2D eigenvalue weighted by atomic mass is 9.88. The highest BCUT2D eigenvalue weighted by Gasteiger charge is 2.47. The number of benzene rings is 2. The van der Waals surface area contributed by atoms with Crippen molar-refractivity contribution in [1.29, 1.82) is 0 Å². The molecule has 1 amide bonds. The monoisotopic (exact) mass is 370 g/mol. The first-order valence-corrected chi connectivity index (χ1v) is 7.71. The van der Waals surface area contributed by atoms with Crippen LogP contribution in [0.4, 0.5) is 18.9 Å². The fraction of sp³-hybridized carbons (Fsp3) is 0.235. The van der Waals surface area contributed by atoms with E-state index < -0.39 is 23.8 Å². The standard InChI is InChI=1S/C17H14ClF3N2O2/c1-25-13-7-6-11(8-12(13)18)23-15(14(22)16(23)24)9-2-4-10(5-3-9)17(19,20)21/h2-8,14-15H,22H2,1H3/t14-,15+/m1/s1. The molecule has 2 aromatic carbocycles. The first-order valence-electron chi connectivity index (χ1n) is 7.33. The predicted octanol–water partition coefficient (Wildman–Crippen LogP) is 3.78. The summed E-state index contributed by atoms with van der Waals surface area (Å²) in [6.45, 7) is 0. The molecule has 2 atom stereocenters. The van der Waals surface area contributed by atoms with Gasteiger partial charge in [-0.15, -0.1) is 0 Å². The maximum absolute atomic E-state index is 12.7. The normalized spacial score (nSPS) is 20.4. The van der Waals surface area contributed by atoms with Gasteiger partial charge < -0.3 is 15.4 Å². The summed E-state index contributed by atoms with van der Waals surface area (Å²) in [5.41, 5.74) is 6.14. The zero-order valence-corrected chi connectivity index (χ0v) is 13.8. The summed E-state index contributed by atoms with van der Waals surface area (Å²) in [6.07, 6.45) is -4.42. The van der Waals surface area contributed by atoms with E-state index >= 15 is 0 Å². The van der Waals surface area contributed by atoms with Crippen LogP contribution in [0.2, 0.25) is 5.02 Å². The number of nitrogens with two attached hydrogens (primary N) is 1. The highest BCUT2D eigenvalue weighted by atomic mass is 35.5. The second kappa shape index (κ2) is 6.24. The van der Waals surface area contributed by atoms with E-state index in [-0.39, 0.29) is 5.91 Å². The van der Waals surface area contributed by atoms with E-state index in [1.807, 2.05) is 0 Å². The quantitative estimate of drug-likeness (QED) is 0.836. The van der Waals surface area contributed by atoms with Crippen molar-refractivity contribution in [1.82, 2.24) is 0 Å². The molecule has 132 valence electrons. The Morgan fingerprint density at radius 3 is 2.32 bits per heavy atom. The highest BCUT2D eigenvalue weighted by Crippen LogP contribution is 2.41. The Morgan fingerprint density at radius 1 is 1.16 bits per heavy atom. The fourth-order valence-corrected chi connectivity index (χ4v) is 3.08. The Balaban J connectivity index is 1.92. The number of β-lactam (4-membered cyclic amide) rings is 1. The van der Waals surface area contributed by atoms with Gasteiger partial charge in [0, 0.05) is 5.69 Å². The molecule has 0 aromatic heterocycles. The van der Waals surface area contributed by atoms with Gasteiger partial charge in [-0.1, -0.05) is 23.7 Å². The van der Waals surface area contributed by atoms with E-state index in [0.717, 1.165) is 12.1 Å². The number of carbonyl (C=O) groups excluding carboxylic acids is 1. The minimum atomic E-state index is -4.42. The van der Waals surface area contributed by atoms with Crippen LogP contribution >= 0.6 is 11.6 Å². The first-order chi connectivity index (χ1) is 11.7. The van der Waals surface area contributed by atoms with Crippen LogP contribution < -0.4 is 15.4 Å². The summed E-state index contributed by atoms with van der Waals surface area (Å²) in [6, 6.07) is 8.05. The van der Waals surface area contributed by atoms with Gasteiger partial charge in [-0.05, 0) is 35.9 Å². The number of carbonyl (C=O) groups is 1. The van der Waals surface area contributed by atoms with E-state index in [4.69, 9.17) is 22.1 Å². The minimum absolute atomic E-state index is 0.319. The van der Waals surface area contributed by atoms with Crippen LogP contribution in [0.15, 0.2) is 42.5 Å². The SMILES string of the molecule is COc1ccc(N2C(=O)[C@H](N)[C@@H]2c2ccc(C(F)(F)F)cc2)cc1Cl. The van der Waals surface area contributed by atoms with Gasteiger partial charge in [0.05, 0.1) is 23.7 Å². The first kappa shape index (κ1) is 17.6. The maximum Gasteiger partial charge on any atom is 0.416 e. The van der Waals surface area contributed by atoms with Crippen molar-refractivity contribution >= 4 is 23.2 Å². The molecule has 1 fully saturated rings. The van der Waals surface area contributed by atoms with Crippen LogP contribution in [-0.4, -0.2) is 19.1 Å². The number of halogens is 4. The molecule has 0 unspecified atom stereocenters. The zero-order valence-electron chi connectivity index (χ0n) is 13.0. The van der Waals surface area contributed by atoms with Crippen LogP contribution in [0.5, 0.6) is 5.75 Å². The number of hydrogen-bond donors (Lipinski definition) is 1. The fourth-order valence-electron chi connectivity index (χ4n) is 2.83. The molecule has 3 rings (SSSR count). The third-order valence-corrected chi connectivity index (χ3v) is 4.43. The van der Waals surface area contributed by atoms with Crippen LogP contribution in [0, 0.1) is 0 Å². The molecular formula is C17H14ClF3N2O2. The number of alkyl halides is 3. The Bertz CT molecular complexity index is 809. The van der Waals surface area contributed by atoms with Gasteiger partial charge >= 0.3 is 6.18 Å². The number of ether oxygens (including phenoxy) is 1. The van der Waals surface area contributed by atoms with Crippen molar-refractivity contribution in [3.63, 3.8) is 0 Å². The molecule has 0 aliphatic carbocycles. The molecule has 2 aromatic rings. The number of hydrogen-bond acceptors (Lipinski definition) is 3. The third-order valence-electron chi connectivity index (χ3n) is 4.13. The minimum Gasteiger partial charge on any atom is -0.495 e. The average Bonchev–Trinajstić information content (AvgIpc) is 2.58. The van der Waals surface area contributed by atoms with Gasteiger partial charge in [-0.2, -0.15) is 13.2 Å². The van der Waals surface area contributed by atoms with Crippen molar-refractivity contribution in [2.45, 2.75) is 18.3 Å². The van der Waals surface area contributed by atoms with E-state index in [0.29, 0.717) is 22.0 Å². The van der Waals surface area contributed by atoms with Crippen molar-refractivity contribution in [2.75, 3.05) is 12.0 Å². The van der Waals surface area contributed by atoms with Gasteiger partial charge in [-0.25, -0.2) is 0 Å². The average molecular weight is 371 g/mol. The molecule has 0 saturated carbocycles. The van der Waals surface area contributed by atoms with Crippen LogP contribution in [0.25, 0.3) is 0 Å². The molecular weight excluding hydrogens is 357 g/mol. The van der Waals surface area contributed by atoms with Gasteiger partial charge in [0.1, 0.15) is 11.8 Å². The number of rotatable bonds is 3. The molecule has 2 N–H and O–H groups in total. The summed E-state index contributed by atoms with van der Waals surface area (Å²) >= 11 is 6.08. The zero-order chi connectivity index (χ0) is 18.4. The van der Waals surface area contributed by atoms with Crippen LogP contribution in [0.1, 0.15) is 17.2 Å².